The van der Waals surface area contributed by atoms with Crippen LogP contribution in [-0.4, -0.2) is 190 Å². The van der Waals surface area contributed by atoms with Gasteiger partial charge in [-0.2, -0.15) is 40.5 Å². The number of rotatable bonds is 26. The minimum absolute atomic E-state index is 0. The average molecular weight is 1630 g/mol. The van der Waals surface area contributed by atoms with Gasteiger partial charge in [-0.05, 0) is 130 Å². The summed E-state index contributed by atoms with van der Waals surface area (Å²) in [5.41, 5.74) is 16.5. The van der Waals surface area contributed by atoms with Gasteiger partial charge in [-0.25, -0.2) is 13.2 Å². The fourth-order valence-electron chi connectivity index (χ4n) is 13.5. The molecule has 614 valence electrons. The van der Waals surface area contributed by atoms with Crippen LogP contribution in [0.3, 0.4) is 0 Å². The van der Waals surface area contributed by atoms with Gasteiger partial charge in [-0.1, -0.05) is 51.2 Å². The Morgan fingerprint density at radius 2 is 0.912 bits per heavy atom. The number of halogens is 3. The number of esters is 1. The lowest BCUT2D eigenvalue weighted by atomic mass is 10.0. The van der Waals surface area contributed by atoms with Crippen LogP contribution in [0.15, 0.2) is 109 Å². The highest BCUT2D eigenvalue weighted by Crippen LogP contribution is 2.38. The van der Waals surface area contributed by atoms with Gasteiger partial charge in [0, 0.05) is 130 Å². The number of aliphatic carboxylic acids is 1. The van der Waals surface area contributed by atoms with E-state index in [-0.39, 0.29) is 130 Å². The predicted octanol–water partition coefficient (Wildman–Crippen LogP) is 8.69. The van der Waals surface area contributed by atoms with Crippen LogP contribution in [0.2, 0.25) is 0 Å². The number of imide groups is 1. The van der Waals surface area contributed by atoms with Crippen molar-refractivity contribution in [3.63, 3.8) is 0 Å². The first-order valence-electron chi connectivity index (χ1n) is 38.2. The zero-order valence-electron chi connectivity index (χ0n) is 66.9. The molecule has 7 aliphatic rings. The molecule has 6 aromatic carbocycles. The van der Waals surface area contributed by atoms with Crippen LogP contribution in [0.4, 0.5) is 13.2 Å². The van der Waals surface area contributed by atoms with Gasteiger partial charge in [-0.15, -0.1) is 0 Å². The molecular formula is C81H104F3N9O17S3. The number of primary amides is 2. The van der Waals surface area contributed by atoms with Crippen LogP contribution >= 0.6 is 40.5 Å². The van der Waals surface area contributed by atoms with E-state index >= 15 is 0 Å². The smallest absolute Gasteiger partial charge is 0.306 e. The molecule has 0 saturated carbocycles. The Hall–Kier alpha value is -9.25. The van der Waals surface area contributed by atoms with E-state index in [2.05, 4.69) is 20.0 Å². The number of ether oxygens (including phenoxy) is 7. The normalized spacial score (nSPS) is 18.9. The molecule has 26 nitrogen and oxygen atoms in total. The molecule has 0 aliphatic carbocycles. The molecule has 6 N–H and O–H groups in total. The number of hydrogen-bond donors (Lipinski definition) is 4. The summed E-state index contributed by atoms with van der Waals surface area (Å²) in [6.07, 6.45) is -1.64. The summed E-state index contributed by atoms with van der Waals surface area (Å²) in [4.78, 5) is 121. The first-order valence-corrected chi connectivity index (χ1v) is 35.7. The summed E-state index contributed by atoms with van der Waals surface area (Å²) < 4.78 is 115. The van der Waals surface area contributed by atoms with Crippen molar-refractivity contribution in [2.75, 3.05) is 78.9 Å². The summed E-state index contributed by atoms with van der Waals surface area (Å²) in [6.45, 7) is 15.6. The van der Waals surface area contributed by atoms with Gasteiger partial charge >= 0.3 is 11.9 Å². The fraction of sp³-hybridized carbons (Fsp3) is 0.444. The van der Waals surface area contributed by atoms with Crippen LogP contribution in [-0.2, 0) is 107 Å². The molecule has 7 heterocycles. The first-order chi connectivity index (χ1) is 53.9. The van der Waals surface area contributed by atoms with Crippen LogP contribution in [0.25, 0.3) is 0 Å². The molecule has 32 heteroatoms. The summed E-state index contributed by atoms with van der Waals surface area (Å²) in [5, 5.41) is 11.2. The van der Waals surface area contributed by atoms with Crippen LogP contribution in [0.5, 0.6) is 17.2 Å². The lowest BCUT2D eigenvalue weighted by molar-refractivity contribution is -0.155. The van der Waals surface area contributed by atoms with Gasteiger partial charge < -0.3 is 64.4 Å². The minimum atomic E-state index is -2.23. The molecule has 7 amide bonds. The molecule has 0 spiro atoms. The Bertz CT molecular complexity index is 4550. The molecule has 7 aliphatic heterocycles. The largest absolute Gasteiger partial charge is 0.488 e. The van der Waals surface area contributed by atoms with Gasteiger partial charge in [0.25, 0.3) is 17.7 Å². The van der Waals surface area contributed by atoms with Gasteiger partial charge in [0.2, 0.25) is 23.6 Å². The Morgan fingerprint density at radius 1 is 0.558 bits per heavy atom. The summed E-state index contributed by atoms with van der Waals surface area (Å²) in [5.74, 6) is -7.07. The average Bonchev–Trinajstić information content (AvgIpc) is 1.62. The number of hydrogen-bond acceptors (Lipinski definition) is 19. The van der Waals surface area contributed by atoms with E-state index in [0.29, 0.717) is 115 Å². The molecule has 0 aromatic heterocycles. The number of fused-ring (bicyclic) bond motifs is 3. The van der Waals surface area contributed by atoms with Crippen molar-refractivity contribution in [3.05, 3.63) is 193 Å². The Kier molecular flexibility index (Phi) is 32.6. The number of carbonyl (C=O) groups excluding carboxylic acids is 8. The third kappa shape index (κ3) is 24.4. The number of nitrogens with one attached hydrogen (secondary N) is 1. The molecule has 0 unspecified atom stereocenters. The minimum Gasteiger partial charge on any atom is -0.488 e. The van der Waals surface area contributed by atoms with Crippen LogP contribution in [0, 0.1) is 17.5 Å². The second-order valence-corrected chi connectivity index (χ2v) is 27.8. The third-order valence-electron chi connectivity index (χ3n) is 19.0. The van der Waals surface area contributed by atoms with Crippen LogP contribution < -0.4 is 31.0 Å². The highest BCUT2D eigenvalue weighted by atomic mass is 32.1. The third-order valence-corrected chi connectivity index (χ3v) is 19.0. The number of piperidine rings is 1. The van der Waals surface area contributed by atoms with E-state index < -0.39 is 101 Å². The predicted molar refractivity (Wildman–Crippen MR) is 428 cm³/mol. The van der Waals surface area contributed by atoms with Crippen molar-refractivity contribution in [2.24, 2.45) is 11.5 Å². The van der Waals surface area contributed by atoms with Crippen molar-refractivity contribution in [1.29, 1.82) is 0 Å². The van der Waals surface area contributed by atoms with E-state index in [1.807, 2.05) is 0 Å². The Morgan fingerprint density at radius 3 is 1.26 bits per heavy atom. The highest BCUT2D eigenvalue weighted by molar-refractivity contribution is 7.59. The lowest BCUT2D eigenvalue weighted by Crippen LogP contribution is -2.52. The molecule has 13 rings (SSSR count). The highest BCUT2D eigenvalue weighted by Gasteiger charge is 2.42. The lowest BCUT2D eigenvalue weighted by Gasteiger charge is -2.29. The maximum Gasteiger partial charge on any atom is 0.306 e. The van der Waals surface area contributed by atoms with Gasteiger partial charge in [0.15, 0.2) is 0 Å². The summed E-state index contributed by atoms with van der Waals surface area (Å²) >= 11 is 0. The zero-order chi connectivity index (χ0) is 81.5. The number of benzene rings is 6. The maximum absolute atomic E-state index is 14.7. The second kappa shape index (κ2) is 42.7. The second-order valence-electron chi connectivity index (χ2n) is 27.8. The van der Waals surface area contributed by atoms with Gasteiger partial charge in [-0.3, -0.25) is 63.2 Å². The van der Waals surface area contributed by atoms with E-state index in [0.717, 1.165) is 70.7 Å². The molecule has 0 bridgehead atoms. The van der Waals surface area contributed by atoms with Crippen molar-refractivity contribution in [2.45, 2.75) is 157 Å². The quantitative estimate of drug-likeness (QED) is 0.0291. The van der Waals surface area contributed by atoms with Gasteiger partial charge in [0.1, 0.15) is 78.2 Å². The molecule has 4 saturated heterocycles. The zero-order valence-corrected chi connectivity index (χ0v) is 65.9. The monoisotopic (exact) mass is 1630 g/mol. The number of carboxylic acids is 1. The number of carboxylic acid groups (broad SMARTS) is 1. The van der Waals surface area contributed by atoms with Gasteiger partial charge in [0.05, 0.1) is 63.4 Å². The number of amides is 7. The maximum atomic E-state index is 14.7. The van der Waals surface area contributed by atoms with Crippen molar-refractivity contribution in [1.82, 2.24) is 34.7 Å². The molecular weight excluding hydrogens is 1520 g/mol. The van der Waals surface area contributed by atoms with E-state index in [4.69, 9.17) is 55.2 Å². The van der Waals surface area contributed by atoms with Crippen molar-refractivity contribution >= 4 is 93.8 Å². The van der Waals surface area contributed by atoms with Crippen molar-refractivity contribution in [3.8, 4) is 17.2 Å². The number of carbonyl (C=O) groups is 9. The number of morpholine rings is 3. The molecule has 3 atom stereocenters. The molecule has 0 radical (unpaired) electrons. The SMILES string of the molecule is C.S.S.S.[2H]C.[2H][C@@](CCC(=O)O)(C(N)=O)N1Cc2c(OCc3cc(CN4CCOCC4)ccc3F)cccc2C1=O.[2H][C@@](CCC(=O)OC(C)(C)C)(C(N)=O)N1Cc2c(OCc3cc(CN4CCOCC4)ccc3F)cccc2C1=O.[2H][C@@]1(N2Cc3c(OCc4cc(CN5CCOCC5)ccc4F)cccc3C2=O)CCC(=O)NC1=O. The molecule has 6 aromatic rings. The molecule has 113 heavy (non-hydrogen) atoms. The fourth-order valence-corrected chi connectivity index (χ4v) is 13.5. The van der Waals surface area contributed by atoms with E-state index in [1.165, 1.54) is 31.7 Å². The van der Waals surface area contributed by atoms with E-state index in [1.54, 1.807) is 106 Å². The topological polar surface area (TPSA) is 322 Å². The first kappa shape index (κ1) is 86.2. The summed E-state index contributed by atoms with van der Waals surface area (Å²) in [7, 11) is 1.25. The van der Waals surface area contributed by atoms with Crippen LogP contribution in [0.1, 0.15) is 161 Å². The number of nitrogens with zero attached hydrogens (tertiary/aromatic N) is 6. The molecule has 4 fully saturated rings. The summed E-state index contributed by atoms with van der Waals surface area (Å²) in [6, 6.07) is 23.1. The van der Waals surface area contributed by atoms with Crippen molar-refractivity contribution < 1.29 is 100 Å². The van der Waals surface area contributed by atoms with E-state index in [9.17, 15) is 56.3 Å². The standard InChI is InChI=1S/C29H36FN3O6.C25H28FN3O6.C25H26FN3O5.2CH4.3H2S/c1-29(2,3)39-26(34)10-9-24(27(31)35)33-17-22-21(28(33)36)5-4-6-25(22)38-18-20-15-19(7-8-23(20)30)16-32-11-13-37-14-12-32;26-20-5-4-16(13-28-8-10-34-11-9-28)12-17(20)15-35-22-3-1-2-18-19(22)14-29(25(18)33)21(24(27)32)6-7-23(30)31;26-20-5-4-16(13-28-8-10-33-11-9-28)12-17(20)15-34-22-3-1-2-18-19(22)14-29(25(18)32)21-6-7-23(30)27-24(21)31;;;;;/h4-8,15,24H,9-14,16-18H2,1-3H3,(H2,31,35);1-5,12,21H,6-11,13-15H2,(H2,27,32)(H,30,31);1-5,12,21H,6-11,13-15H2,(H,27,30,31);2*1H4;3*1H2/t24-;2*21-;;;;;/m111...../s1/i24D;2*21D;1D;;;;. The Labute approximate surface area is 683 Å². The Balaban J connectivity index is 0.000000266. The number of nitrogens with two attached hydrogens (primary N) is 2.